The van der Waals surface area contributed by atoms with Gasteiger partial charge < -0.3 is 10.4 Å². The summed E-state index contributed by atoms with van der Waals surface area (Å²) in [6.45, 7) is 1.38. The van der Waals surface area contributed by atoms with E-state index < -0.39 is 5.97 Å². The highest BCUT2D eigenvalue weighted by Crippen LogP contribution is 2.27. The minimum absolute atomic E-state index is 0.346. The fraction of sp³-hybridized carbons (Fsp3) is 0.231. The van der Waals surface area contributed by atoms with Gasteiger partial charge in [-0.05, 0) is 12.1 Å². The first kappa shape index (κ1) is 11.4. The molecule has 1 aliphatic heterocycles. The van der Waals surface area contributed by atoms with Gasteiger partial charge in [0.05, 0.1) is 11.1 Å². The maximum Gasteiger partial charge on any atom is 0.336 e. The zero-order valence-electron chi connectivity index (χ0n) is 9.53. The van der Waals surface area contributed by atoms with E-state index in [1.54, 1.807) is 18.2 Å². The van der Waals surface area contributed by atoms with Crippen molar-refractivity contribution in [3.8, 4) is 0 Å². The number of nitrogens with one attached hydrogen (secondary N) is 1. The third kappa shape index (κ3) is 1.74. The molecule has 92 valence electrons. The van der Waals surface area contributed by atoms with Crippen LogP contribution in [0, 0.1) is 0 Å². The summed E-state index contributed by atoms with van der Waals surface area (Å²) in [7, 11) is 0. The molecule has 0 unspecified atom stereocenters. The van der Waals surface area contributed by atoms with Gasteiger partial charge in [0.25, 0.3) is 0 Å². The van der Waals surface area contributed by atoms with Crippen molar-refractivity contribution >= 4 is 28.5 Å². The summed E-state index contributed by atoms with van der Waals surface area (Å²) in [4.78, 5) is 16.0. The van der Waals surface area contributed by atoms with Crippen LogP contribution in [0.4, 0.5) is 0 Å². The molecule has 0 saturated heterocycles. The van der Waals surface area contributed by atoms with Crippen LogP contribution < -0.4 is 5.32 Å². The molecule has 0 spiro atoms. The molecule has 2 heterocycles. The summed E-state index contributed by atoms with van der Waals surface area (Å²) in [5.41, 5.74) is 2.66. The summed E-state index contributed by atoms with van der Waals surface area (Å²) in [6, 6.07) is 5.13. The number of fused-ring (bicyclic) bond motifs is 2. The van der Waals surface area contributed by atoms with E-state index in [0.717, 1.165) is 24.2 Å². The monoisotopic (exact) mass is 262 g/mol. The largest absolute Gasteiger partial charge is 0.478 e. The second-order valence-electron chi connectivity index (χ2n) is 4.31. The number of nitrogens with zero attached hydrogens (tertiary/aromatic N) is 1. The molecule has 0 saturated carbocycles. The van der Waals surface area contributed by atoms with Crippen LogP contribution in [-0.4, -0.2) is 22.6 Å². The van der Waals surface area contributed by atoms with Crippen molar-refractivity contribution in [3.63, 3.8) is 0 Å². The Hall–Kier alpha value is -1.65. The normalized spacial score (nSPS) is 14.5. The molecule has 0 fully saturated rings. The van der Waals surface area contributed by atoms with Gasteiger partial charge in [0.1, 0.15) is 0 Å². The second-order valence-corrected chi connectivity index (χ2v) is 4.74. The quantitative estimate of drug-likeness (QED) is 0.827. The summed E-state index contributed by atoms with van der Waals surface area (Å²) in [5, 5.41) is 13.8. The van der Waals surface area contributed by atoms with Gasteiger partial charge in [-0.3, -0.25) is 4.98 Å². The molecule has 0 atom stereocenters. The van der Waals surface area contributed by atoms with Crippen molar-refractivity contribution < 1.29 is 9.90 Å². The number of pyridine rings is 1. The van der Waals surface area contributed by atoms with Crippen LogP contribution in [0.1, 0.15) is 21.6 Å². The number of aromatic carboxylic acids is 1. The Kier molecular flexibility index (Phi) is 2.69. The summed E-state index contributed by atoms with van der Waals surface area (Å²) >= 11 is 5.93. The lowest BCUT2D eigenvalue weighted by molar-refractivity contribution is 0.0697. The van der Waals surface area contributed by atoms with Crippen LogP contribution in [0.25, 0.3) is 10.9 Å². The number of aromatic nitrogens is 1. The Morgan fingerprint density at radius 3 is 3.06 bits per heavy atom. The summed E-state index contributed by atoms with van der Waals surface area (Å²) in [6.07, 6.45) is 0.748. The molecular formula is C13H11ClN2O2. The van der Waals surface area contributed by atoms with Crippen LogP contribution in [0.2, 0.25) is 5.02 Å². The van der Waals surface area contributed by atoms with Crippen LogP contribution in [0.15, 0.2) is 18.2 Å². The second kappa shape index (κ2) is 4.23. The van der Waals surface area contributed by atoms with E-state index in [0.29, 0.717) is 28.0 Å². The van der Waals surface area contributed by atoms with Gasteiger partial charge in [0, 0.05) is 41.2 Å². The highest BCUT2D eigenvalue weighted by atomic mass is 35.5. The Bertz CT molecular complexity index is 655. The molecule has 0 aliphatic carbocycles. The Balaban J connectivity index is 2.40. The fourth-order valence-electron chi connectivity index (χ4n) is 2.39. The first-order chi connectivity index (χ1) is 8.66. The standard InChI is InChI=1S/C13H11ClN2O2/c14-7-1-2-8-11(5-7)16-10-3-4-15-6-9(10)12(8)13(17)18/h1-2,5,15H,3-4,6H2,(H,17,18). The Morgan fingerprint density at radius 2 is 2.28 bits per heavy atom. The lowest BCUT2D eigenvalue weighted by Crippen LogP contribution is -2.27. The smallest absolute Gasteiger partial charge is 0.336 e. The zero-order valence-corrected chi connectivity index (χ0v) is 10.3. The minimum Gasteiger partial charge on any atom is -0.478 e. The third-order valence-electron chi connectivity index (χ3n) is 3.19. The molecule has 0 amide bonds. The minimum atomic E-state index is -0.912. The van der Waals surface area contributed by atoms with Gasteiger partial charge in [-0.25, -0.2) is 4.79 Å². The van der Waals surface area contributed by atoms with Gasteiger partial charge in [0.15, 0.2) is 0 Å². The maximum atomic E-state index is 11.5. The van der Waals surface area contributed by atoms with Crippen LogP contribution >= 0.6 is 11.6 Å². The number of carbonyl (C=O) groups is 1. The topological polar surface area (TPSA) is 62.2 Å². The number of halogens is 1. The van der Waals surface area contributed by atoms with Crippen molar-refractivity contribution in [1.29, 1.82) is 0 Å². The molecule has 5 heteroatoms. The van der Waals surface area contributed by atoms with Crippen LogP contribution in [0.5, 0.6) is 0 Å². The number of hydrogen-bond donors (Lipinski definition) is 2. The van der Waals surface area contributed by atoms with Crippen molar-refractivity contribution in [1.82, 2.24) is 10.3 Å². The highest BCUT2D eigenvalue weighted by Gasteiger charge is 2.21. The molecule has 1 aromatic heterocycles. The number of carboxylic acid groups (broad SMARTS) is 1. The van der Waals surface area contributed by atoms with E-state index >= 15 is 0 Å². The van der Waals surface area contributed by atoms with Crippen molar-refractivity contribution in [3.05, 3.63) is 40.0 Å². The molecule has 18 heavy (non-hydrogen) atoms. The number of carboxylic acids is 1. The maximum absolute atomic E-state index is 11.5. The van der Waals surface area contributed by atoms with Gasteiger partial charge in [-0.2, -0.15) is 0 Å². The first-order valence-electron chi connectivity index (χ1n) is 5.72. The van der Waals surface area contributed by atoms with Gasteiger partial charge >= 0.3 is 5.97 Å². The van der Waals surface area contributed by atoms with Gasteiger partial charge in [-0.1, -0.05) is 17.7 Å². The highest BCUT2D eigenvalue weighted by molar-refractivity contribution is 6.31. The summed E-state index contributed by atoms with van der Waals surface area (Å²) in [5.74, 6) is -0.912. The van der Waals surface area contributed by atoms with E-state index in [-0.39, 0.29) is 0 Å². The third-order valence-corrected chi connectivity index (χ3v) is 3.42. The molecule has 1 aromatic carbocycles. The Labute approximate surface area is 109 Å². The predicted octanol–water partition coefficient (Wildman–Crippen LogP) is 2.23. The van der Waals surface area contributed by atoms with E-state index in [9.17, 15) is 9.90 Å². The van der Waals surface area contributed by atoms with E-state index in [2.05, 4.69) is 10.3 Å². The molecule has 2 aromatic rings. The van der Waals surface area contributed by atoms with Crippen LogP contribution in [-0.2, 0) is 13.0 Å². The molecule has 0 radical (unpaired) electrons. The lowest BCUT2D eigenvalue weighted by Gasteiger charge is -2.19. The molecule has 3 rings (SSSR count). The van der Waals surface area contributed by atoms with E-state index in [1.807, 2.05) is 0 Å². The van der Waals surface area contributed by atoms with Gasteiger partial charge in [0.2, 0.25) is 0 Å². The summed E-state index contributed by atoms with van der Waals surface area (Å²) < 4.78 is 0. The van der Waals surface area contributed by atoms with Crippen LogP contribution in [0.3, 0.4) is 0 Å². The average molecular weight is 263 g/mol. The van der Waals surface area contributed by atoms with E-state index in [4.69, 9.17) is 11.6 Å². The Morgan fingerprint density at radius 1 is 1.44 bits per heavy atom. The zero-order chi connectivity index (χ0) is 12.7. The van der Waals surface area contributed by atoms with Crippen molar-refractivity contribution in [2.75, 3.05) is 6.54 Å². The van der Waals surface area contributed by atoms with Crippen molar-refractivity contribution in [2.45, 2.75) is 13.0 Å². The average Bonchev–Trinajstić information content (AvgIpc) is 2.35. The number of rotatable bonds is 1. The SMILES string of the molecule is O=C(O)c1c2c(nc3cc(Cl)ccc13)CCNC2. The van der Waals surface area contributed by atoms with Gasteiger partial charge in [-0.15, -0.1) is 0 Å². The predicted molar refractivity (Wildman–Crippen MR) is 69.1 cm³/mol. The molecule has 4 nitrogen and oxygen atoms in total. The lowest BCUT2D eigenvalue weighted by atomic mass is 9.97. The molecule has 1 aliphatic rings. The molecule has 0 bridgehead atoms. The van der Waals surface area contributed by atoms with E-state index in [1.165, 1.54) is 0 Å². The fourth-order valence-corrected chi connectivity index (χ4v) is 2.56. The first-order valence-corrected chi connectivity index (χ1v) is 6.09. The van der Waals surface area contributed by atoms with Crippen molar-refractivity contribution in [2.24, 2.45) is 0 Å². The molecule has 2 N–H and O–H groups in total. The number of benzene rings is 1. The number of hydrogen-bond acceptors (Lipinski definition) is 3. The molecular weight excluding hydrogens is 252 g/mol.